The minimum absolute atomic E-state index is 0.0782. The summed E-state index contributed by atoms with van der Waals surface area (Å²) in [7, 11) is 0. The van der Waals surface area contributed by atoms with Crippen molar-refractivity contribution >= 4 is 29.7 Å². The van der Waals surface area contributed by atoms with Crippen LogP contribution < -0.4 is 38.9 Å². The van der Waals surface area contributed by atoms with Gasteiger partial charge in [0.1, 0.15) is 23.9 Å². The highest BCUT2D eigenvalue weighted by Gasteiger charge is 2.32. The molecule has 0 fully saturated rings. The molecule has 5 unspecified atom stereocenters. The summed E-state index contributed by atoms with van der Waals surface area (Å²) in [5, 5.41) is 26.9. The van der Waals surface area contributed by atoms with Crippen molar-refractivity contribution in [2.75, 3.05) is 13.1 Å². The van der Waals surface area contributed by atoms with Gasteiger partial charge in [-0.05, 0) is 68.7 Å². The fourth-order valence-corrected chi connectivity index (χ4v) is 4.00. The van der Waals surface area contributed by atoms with E-state index in [2.05, 4.69) is 20.9 Å². The molecule has 0 aliphatic carbocycles. The van der Waals surface area contributed by atoms with Crippen LogP contribution in [0.5, 0.6) is 5.75 Å². The van der Waals surface area contributed by atoms with Crippen LogP contribution in [0, 0.1) is 5.92 Å². The number of amides is 3. The second kappa shape index (κ2) is 18.4. The molecular weight excluding hydrogens is 532 g/mol. The number of phenolic OH excluding ortho intramolecular Hbond substituents is 1. The number of unbranched alkanes of at least 4 members (excludes halogenated alkanes) is 1. The Bertz CT molecular complexity index is 1020. The van der Waals surface area contributed by atoms with Crippen LogP contribution >= 0.6 is 0 Å². The molecule has 0 bridgehead atoms. The predicted octanol–water partition coefficient (Wildman–Crippen LogP) is -0.970. The monoisotopic (exact) mass is 578 g/mol. The van der Waals surface area contributed by atoms with E-state index in [9.17, 15) is 29.4 Å². The molecule has 0 saturated carbocycles. The van der Waals surface area contributed by atoms with Gasteiger partial charge in [-0.25, -0.2) is 4.79 Å². The number of nitrogens with zero attached hydrogens (tertiary/aromatic N) is 1. The summed E-state index contributed by atoms with van der Waals surface area (Å²) in [6.07, 6.45) is 2.48. The van der Waals surface area contributed by atoms with Gasteiger partial charge >= 0.3 is 5.97 Å². The van der Waals surface area contributed by atoms with Gasteiger partial charge in [0.2, 0.25) is 17.7 Å². The van der Waals surface area contributed by atoms with Crippen LogP contribution in [0.2, 0.25) is 0 Å². The number of hydrogen-bond donors (Lipinski definition) is 9. The SMILES string of the molecule is CCC(C)C(NC(=O)C(CCCN=C(N)N)NC(=O)C(N)Cc1ccc(O)cc1)C(=O)NC(CCCCN)C(=O)O. The Hall–Kier alpha value is -3.91. The molecule has 0 saturated heterocycles. The van der Waals surface area contributed by atoms with Crippen LogP contribution in [-0.4, -0.2) is 77.1 Å². The maximum Gasteiger partial charge on any atom is 0.326 e. The molecular formula is C27H46N8O6. The Morgan fingerprint density at radius 1 is 0.902 bits per heavy atom. The third kappa shape index (κ3) is 13.3. The van der Waals surface area contributed by atoms with E-state index in [0.717, 1.165) is 0 Å². The molecule has 3 amide bonds. The standard InChI is InChI=1S/C27H46N8O6/c1-3-16(2)22(25(39)34-21(26(40)41)7-4-5-13-28)35-24(38)20(8-6-14-32-27(30)31)33-23(37)19(29)15-17-9-11-18(36)12-10-17/h9-12,16,19-22,36H,3-8,13-15,28-29H2,1-2H3,(H,33,37)(H,34,39)(H,35,38)(H,40,41)(H4,30,31,32). The first kappa shape index (κ1) is 35.1. The topological polar surface area (TPSA) is 261 Å². The molecule has 14 nitrogen and oxygen atoms in total. The van der Waals surface area contributed by atoms with Gasteiger partial charge in [0.15, 0.2) is 5.96 Å². The molecule has 0 aliphatic rings. The summed E-state index contributed by atoms with van der Waals surface area (Å²) in [5.41, 5.74) is 23.0. The van der Waals surface area contributed by atoms with E-state index in [-0.39, 0.29) is 43.4 Å². The first-order valence-electron chi connectivity index (χ1n) is 13.8. The van der Waals surface area contributed by atoms with E-state index >= 15 is 0 Å². The van der Waals surface area contributed by atoms with Gasteiger partial charge in [0.25, 0.3) is 0 Å². The molecule has 13 N–H and O–H groups in total. The first-order valence-corrected chi connectivity index (χ1v) is 13.8. The molecule has 0 aliphatic heterocycles. The number of rotatable bonds is 19. The number of benzene rings is 1. The average Bonchev–Trinajstić information content (AvgIpc) is 2.92. The zero-order valence-electron chi connectivity index (χ0n) is 23.8. The molecule has 0 heterocycles. The molecule has 5 atom stereocenters. The van der Waals surface area contributed by atoms with Crippen LogP contribution in [0.3, 0.4) is 0 Å². The Balaban J connectivity index is 3.04. The lowest BCUT2D eigenvalue weighted by Gasteiger charge is -2.28. The molecule has 0 spiro atoms. The molecule has 230 valence electrons. The molecule has 0 aromatic heterocycles. The Labute approximate surface area is 240 Å². The Morgan fingerprint density at radius 2 is 1.51 bits per heavy atom. The molecule has 1 rings (SSSR count). The first-order chi connectivity index (χ1) is 19.4. The number of carbonyl (C=O) groups excluding carboxylic acids is 3. The lowest BCUT2D eigenvalue weighted by molar-refractivity contribution is -0.143. The minimum Gasteiger partial charge on any atom is -0.508 e. The normalized spacial score (nSPS) is 14.5. The molecule has 14 heteroatoms. The largest absolute Gasteiger partial charge is 0.508 e. The maximum absolute atomic E-state index is 13.4. The van der Waals surface area contributed by atoms with Crippen LogP contribution in [0.4, 0.5) is 0 Å². The summed E-state index contributed by atoms with van der Waals surface area (Å²) in [6.45, 7) is 4.21. The number of aromatic hydroxyl groups is 1. The summed E-state index contributed by atoms with van der Waals surface area (Å²) in [5.74, 6) is -3.41. The van der Waals surface area contributed by atoms with Crippen molar-refractivity contribution in [3.63, 3.8) is 0 Å². The van der Waals surface area contributed by atoms with Gasteiger partial charge in [-0.15, -0.1) is 0 Å². The number of aliphatic carboxylic acids is 1. The van der Waals surface area contributed by atoms with Crippen molar-refractivity contribution in [2.24, 2.45) is 33.8 Å². The van der Waals surface area contributed by atoms with Crippen LogP contribution in [-0.2, 0) is 25.6 Å². The van der Waals surface area contributed by atoms with Crippen molar-refractivity contribution in [1.82, 2.24) is 16.0 Å². The minimum atomic E-state index is -1.18. The van der Waals surface area contributed by atoms with Crippen molar-refractivity contribution in [3.05, 3.63) is 29.8 Å². The van der Waals surface area contributed by atoms with E-state index in [1.54, 1.807) is 19.1 Å². The van der Waals surface area contributed by atoms with E-state index in [1.165, 1.54) is 12.1 Å². The fraction of sp³-hybridized carbons (Fsp3) is 0.593. The summed E-state index contributed by atoms with van der Waals surface area (Å²) >= 11 is 0. The van der Waals surface area contributed by atoms with Crippen LogP contribution in [0.15, 0.2) is 29.3 Å². The molecule has 1 aromatic rings. The van der Waals surface area contributed by atoms with Crippen molar-refractivity contribution in [1.29, 1.82) is 0 Å². The van der Waals surface area contributed by atoms with Gasteiger partial charge in [-0.3, -0.25) is 19.4 Å². The smallest absolute Gasteiger partial charge is 0.326 e. The fourth-order valence-electron chi connectivity index (χ4n) is 4.00. The van der Waals surface area contributed by atoms with Crippen molar-refractivity contribution in [2.45, 2.75) is 83.0 Å². The number of nitrogens with one attached hydrogen (secondary N) is 3. The number of carbonyl (C=O) groups is 4. The predicted molar refractivity (Wildman–Crippen MR) is 155 cm³/mol. The van der Waals surface area contributed by atoms with Gasteiger partial charge in [0.05, 0.1) is 6.04 Å². The van der Waals surface area contributed by atoms with Gasteiger partial charge in [-0.2, -0.15) is 0 Å². The number of carboxylic acids is 1. The highest BCUT2D eigenvalue weighted by atomic mass is 16.4. The lowest BCUT2D eigenvalue weighted by atomic mass is 9.96. The number of nitrogens with two attached hydrogens (primary N) is 4. The van der Waals surface area contributed by atoms with Crippen LogP contribution in [0.1, 0.15) is 57.9 Å². The number of phenols is 1. The number of carboxylic acid groups (broad SMARTS) is 1. The molecule has 41 heavy (non-hydrogen) atoms. The quantitative estimate of drug-likeness (QED) is 0.0551. The van der Waals surface area contributed by atoms with E-state index in [1.807, 2.05) is 6.92 Å². The average molecular weight is 579 g/mol. The number of aliphatic imine (C=N–C) groups is 1. The van der Waals surface area contributed by atoms with Crippen LogP contribution in [0.25, 0.3) is 0 Å². The van der Waals surface area contributed by atoms with Crippen molar-refractivity contribution < 1.29 is 29.4 Å². The van der Waals surface area contributed by atoms with Gasteiger partial charge < -0.3 is 49.1 Å². The van der Waals surface area contributed by atoms with Gasteiger partial charge in [-0.1, -0.05) is 32.4 Å². The van der Waals surface area contributed by atoms with E-state index < -0.39 is 47.9 Å². The highest BCUT2D eigenvalue weighted by molar-refractivity contribution is 5.94. The van der Waals surface area contributed by atoms with E-state index in [4.69, 9.17) is 22.9 Å². The second-order valence-electron chi connectivity index (χ2n) is 10.0. The van der Waals surface area contributed by atoms with Crippen molar-refractivity contribution in [3.8, 4) is 5.75 Å². The zero-order chi connectivity index (χ0) is 30.9. The highest BCUT2D eigenvalue weighted by Crippen LogP contribution is 2.13. The Kier molecular flexibility index (Phi) is 15.8. The zero-order valence-corrected chi connectivity index (χ0v) is 23.8. The third-order valence-electron chi connectivity index (χ3n) is 6.66. The number of guanidine groups is 1. The summed E-state index contributed by atoms with van der Waals surface area (Å²) in [4.78, 5) is 55.1. The summed E-state index contributed by atoms with van der Waals surface area (Å²) in [6, 6.07) is 1.99. The number of hydrogen-bond acceptors (Lipinski definition) is 8. The van der Waals surface area contributed by atoms with E-state index in [0.29, 0.717) is 37.8 Å². The molecule has 1 aromatic carbocycles. The maximum atomic E-state index is 13.4. The second-order valence-corrected chi connectivity index (χ2v) is 10.0. The van der Waals surface area contributed by atoms with Gasteiger partial charge in [0, 0.05) is 6.54 Å². The Morgan fingerprint density at radius 3 is 2.07 bits per heavy atom. The lowest BCUT2D eigenvalue weighted by Crippen LogP contribution is -2.58. The molecule has 0 radical (unpaired) electrons. The third-order valence-corrected chi connectivity index (χ3v) is 6.66. The summed E-state index contributed by atoms with van der Waals surface area (Å²) < 4.78 is 0.